The van der Waals surface area contributed by atoms with Crippen molar-refractivity contribution in [2.24, 2.45) is 0 Å². The summed E-state index contributed by atoms with van der Waals surface area (Å²) in [6.07, 6.45) is 0.627. The van der Waals surface area contributed by atoms with E-state index in [2.05, 4.69) is 29.6 Å². The van der Waals surface area contributed by atoms with E-state index in [0.29, 0.717) is 25.1 Å². The molecule has 158 valence electrons. The van der Waals surface area contributed by atoms with Gasteiger partial charge < -0.3 is 15.0 Å². The third-order valence-corrected chi connectivity index (χ3v) is 5.65. The van der Waals surface area contributed by atoms with Crippen LogP contribution in [0.25, 0.3) is 0 Å². The molecule has 0 aromatic heterocycles. The minimum Gasteiger partial charge on any atom is -0.497 e. The lowest BCUT2D eigenvalue weighted by Gasteiger charge is -2.20. The minimum absolute atomic E-state index is 0.00113. The maximum atomic E-state index is 12.9. The Hall–Kier alpha value is -3.60. The van der Waals surface area contributed by atoms with E-state index in [0.717, 1.165) is 16.8 Å². The first-order valence-electron chi connectivity index (χ1n) is 10.5. The van der Waals surface area contributed by atoms with E-state index in [1.165, 1.54) is 0 Å². The second-order valence-corrected chi connectivity index (χ2v) is 7.75. The first-order chi connectivity index (χ1) is 15.1. The molecule has 1 saturated heterocycles. The molecule has 1 fully saturated rings. The van der Waals surface area contributed by atoms with Crippen LogP contribution in [0.5, 0.6) is 5.75 Å². The van der Waals surface area contributed by atoms with Crippen molar-refractivity contribution in [3.05, 3.63) is 96.1 Å². The van der Waals surface area contributed by atoms with E-state index < -0.39 is 0 Å². The number of methoxy groups -OCH3 is 1. The number of rotatable bonds is 7. The zero-order chi connectivity index (χ0) is 21.6. The third-order valence-electron chi connectivity index (χ3n) is 5.65. The number of amides is 2. The van der Waals surface area contributed by atoms with Gasteiger partial charge in [-0.05, 0) is 23.3 Å². The first kappa shape index (κ1) is 20.7. The molecular formula is C26H26N2O3. The topological polar surface area (TPSA) is 58.6 Å². The van der Waals surface area contributed by atoms with Gasteiger partial charge in [-0.15, -0.1) is 0 Å². The standard InChI is InChI=1S/C26H26N2O3/c1-31-23-14-8-13-22(16-23)28-18-21(15-26(28)30)27-25(29)17-24(19-9-4-2-5-10-19)20-11-6-3-7-12-20/h2-14,16,21,24H,15,17-18H2,1H3,(H,27,29)/t21-/m1/s1. The molecule has 5 heteroatoms. The van der Waals surface area contributed by atoms with Gasteiger partial charge in [-0.3, -0.25) is 9.59 Å². The molecule has 0 aliphatic carbocycles. The van der Waals surface area contributed by atoms with Crippen LogP contribution >= 0.6 is 0 Å². The van der Waals surface area contributed by atoms with Crippen LogP contribution in [0.3, 0.4) is 0 Å². The van der Waals surface area contributed by atoms with Gasteiger partial charge >= 0.3 is 0 Å². The third kappa shape index (κ3) is 4.94. The molecular weight excluding hydrogens is 388 g/mol. The number of benzene rings is 3. The molecule has 5 nitrogen and oxygen atoms in total. The molecule has 31 heavy (non-hydrogen) atoms. The van der Waals surface area contributed by atoms with Gasteiger partial charge in [-0.2, -0.15) is 0 Å². The summed E-state index contributed by atoms with van der Waals surface area (Å²) in [5, 5.41) is 3.07. The number of anilines is 1. The predicted octanol–water partition coefficient (Wildman–Crippen LogP) is 4.14. The summed E-state index contributed by atoms with van der Waals surface area (Å²) in [6, 6.07) is 27.3. The summed E-state index contributed by atoms with van der Waals surface area (Å²) in [5.41, 5.74) is 2.99. The molecule has 1 aliphatic heterocycles. The summed E-state index contributed by atoms with van der Waals surface area (Å²) in [6.45, 7) is 0.457. The maximum absolute atomic E-state index is 12.9. The van der Waals surface area contributed by atoms with Crippen molar-refractivity contribution in [2.45, 2.75) is 24.8 Å². The highest BCUT2D eigenvalue weighted by Crippen LogP contribution is 2.29. The quantitative estimate of drug-likeness (QED) is 0.632. The molecule has 0 saturated carbocycles. The fourth-order valence-electron chi connectivity index (χ4n) is 4.10. The summed E-state index contributed by atoms with van der Waals surface area (Å²) >= 11 is 0. The van der Waals surface area contributed by atoms with Crippen molar-refractivity contribution in [1.29, 1.82) is 0 Å². The van der Waals surface area contributed by atoms with Gasteiger partial charge in [0.05, 0.1) is 13.2 Å². The van der Waals surface area contributed by atoms with Crippen molar-refractivity contribution >= 4 is 17.5 Å². The normalized spacial score (nSPS) is 15.9. The van der Waals surface area contributed by atoms with Crippen LogP contribution < -0.4 is 15.0 Å². The van der Waals surface area contributed by atoms with Gasteiger partial charge in [0.15, 0.2) is 0 Å². The maximum Gasteiger partial charge on any atom is 0.229 e. The number of carbonyl (C=O) groups is 2. The molecule has 0 unspecified atom stereocenters. The molecule has 3 aromatic carbocycles. The van der Waals surface area contributed by atoms with E-state index in [4.69, 9.17) is 4.74 Å². The first-order valence-corrected chi connectivity index (χ1v) is 10.5. The largest absolute Gasteiger partial charge is 0.497 e. The monoisotopic (exact) mass is 414 g/mol. The lowest BCUT2D eigenvalue weighted by Crippen LogP contribution is -2.37. The Labute approximate surface area is 182 Å². The molecule has 0 radical (unpaired) electrons. The molecule has 0 spiro atoms. The Bertz CT molecular complexity index is 997. The lowest BCUT2D eigenvalue weighted by molar-refractivity contribution is -0.122. The van der Waals surface area contributed by atoms with Crippen LogP contribution in [0.4, 0.5) is 5.69 Å². The van der Waals surface area contributed by atoms with E-state index >= 15 is 0 Å². The molecule has 2 amide bonds. The van der Waals surface area contributed by atoms with Gasteiger partial charge in [-0.1, -0.05) is 66.7 Å². The molecule has 1 heterocycles. The SMILES string of the molecule is COc1cccc(N2C[C@H](NC(=O)CC(c3ccccc3)c3ccccc3)CC2=O)c1. The number of ether oxygens (including phenoxy) is 1. The second-order valence-electron chi connectivity index (χ2n) is 7.75. The van der Waals surface area contributed by atoms with E-state index in [9.17, 15) is 9.59 Å². The van der Waals surface area contributed by atoms with Crippen LogP contribution in [0.1, 0.15) is 29.9 Å². The summed E-state index contributed by atoms with van der Waals surface area (Å²) in [7, 11) is 1.60. The Morgan fingerprint density at radius 1 is 1.00 bits per heavy atom. The van der Waals surface area contributed by atoms with Crippen LogP contribution in [0, 0.1) is 0 Å². The number of carbonyl (C=O) groups excluding carboxylic acids is 2. The van der Waals surface area contributed by atoms with Crippen LogP contribution in [0.15, 0.2) is 84.9 Å². The van der Waals surface area contributed by atoms with Gasteiger partial charge in [0.1, 0.15) is 5.75 Å². The van der Waals surface area contributed by atoms with Gasteiger partial charge in [0.25, 0.3) is 0 Å². The molecule has 4 rings (SSSR count). The summed E-state index contributed by atoms with van der Waals surface area (Å²) in [4.78, 5) is 27.2. The highest BCUT2D eigenvalue weighted by Gasteiger charge is 2.32. The van der Waals surface area contributed by atoms with Gasteiger partial charge in [0.2, 0.25) is 11.8 Å². The molecule has 3 aromatic rings. The highest BCUT2D eigenvalue weighted by atomic mass is 16.5. The number of nitrogens with one attached hydrogen (secondary N) is 1. The zero-order valence-electron chi connectivity index (χ0n) is 17.5. The van der Waals surface area contributed by atoms with E-state index in [1.807, 2.05) is 60.7 Å². The number of hydrogen-bond acceptors (Lipinski definition) is 3. The van der Waals surface area contributed by atoms with Crippen LogP contribution in [-0.4, -0.2) is 31.5 Å². The fraction of sp³-hybridized carbons (Fsp3) is 0.231. The van der Waals surface area contributed by atoms with Crippen molar-refractivity contribution in [2.75, 3.05) is 18.6 Å². The van der Waals surface area contributed by atoms with Crippen molar-refractivity contribution in [3.8, 4) is 5.75 Å². The minimum atomic E-state index is -0.210. The molecule has 1 N–H and O–H groups in total. The predicted molar refractivity (Wildman–Crippen MR) is 121 cm³/mol. The van der Waals surface area contributed by atoms with Crippen LogP contribution in [-0.2, 0) is 9.59 Å². The average molecular weight is 415 g/mol. The van der Waals surface area contributed by atoms with Crippen LogP contribution in [0.2, 0.25) is 0 Å². The second kappa shape index (κ2) is 9.47. The Kier molecular flexibility index (Phi) is 6.32. The lowest BCUT2D eigenvalue weighted by atomic mass is 9.88. The Morgan fingerprint density at radius 2 is 1.65 bits per heavy atom. The smallest absolute Gasteiger partial charge is 0.229 e. The molecule has 0 bridgehead atoms. The summed E-state index contributed by atoms with van der Waals surface area (Å²) < 4.78 is 5.26. The number of hydrogen-bond donors (Lipinski definition) is 1. The van der Waals surface area contributed by atoms with Crippen molar-refractivity contribution in [3.63, 3.8) is 0 Å². The molecule has 1 atom stereocenters. The average Bonchev–Trinajstić information content (AvgIpc) is 3.18. The van der Waals surface area contributed by atoms with Crippen molar-refractivity contribution < 1.29 is 14.3 Å². The fourth-order valence-corrected chi connectivity index (χ4v) is 4.10. The highest BCUT2D eigenvalue weighted by molar-refractivity contribution is 5.97. The van der Waals surface area contributed by atoms with Gasteiger partial charge in [0, 0.05) is 37.1 Å². The summed E-state index contributed by atoms with van der Waals surface area (Å²) in [5.74, 6) is 0.615. The number of nitrogens with zero attached hydrogens (tertiary/aromatic N) is 1. The Balaban J connectivity index is 1.44. The molecule has 1 aliphatic rings. The van der Waals surface area contributed by atoms with E-state index in [1.54, 1.807) is 12.0 Å². The van der Waals surface area contributed by atoms with E-state index in [-0.39, 0.29) is 23.8 Å². The zero-order valence-corrected chi connectivity index (χ0v) is 17.5. The Morgan fingerprint density at radius 3 is 2.26 bits per heavy atom. The van der Waals surface area contributed by atoms with Gasteiger partial charge in [-0.25, -0.2) is 0 Å². The van der Waals surface area contributed by atoms with Crippen molar-refractivity contribution in [1.82, 2.24) is 5.32 Å².